The highest BCUT2D eigenvalue weighted by Gasteiger charge is 2.12. The van der Waals surface area contributed by atoms with E-state index in [0.29, 0.717) is 30.4 Å². The van der Waals surface area contributed by atoms with Crippen LogP contribution in [-0.4, -0.2) is 48.9 Å². The minimum absolute atomic E-state index is 0.111. The number of carbonyl (C=O) groups is 1. The molecule has 3 rings (SSSR count). The Bertz CT molecular complexity index is 813. The number of nitrogens with one attached hydrogen (secondary N) is 1. The predicted molar refractivity (Wildman–Crippen MR) is 79.0 cm³/mol. The van der Waals surface area contributed by atoms with Gasteiger partial charge in [-0.25, -0.2) is 19.7 Å². The summed E-state index contributed by atoms with van der Waals surface area (Å²) in [5.74, 6) is 0.0901. The summed E-state index contributed by atoms with van der Waals surface area (Å²) in [6.07, 6.45) is 4.33. The summed E-state index contributed by atoms with van der Waals surface area (Å²) < 4.78 is 1.52. The number of nitrogens with zero attached hydrogens (tertiary/aromatic N) is 5. The lowest BCUT2D eigenvalue weighted by Crippen LogP contribution is -2.14. The second-order valence-corrected chi connectivity index (χ2v) is 4.44. The van der Waals surface area contributed by atoms with Gasteiger partial charge in [-0.3, -0.25) is 0 Å². The van der Waals surface area contributed by atoms with Crippen LogP contribution in [0, 0.1) is 0 Å². The zero-order valence-corrected chi connectivity index (χ0v) is 11.5. The number of hydrogen-bond donors (Lipinski definition) is 3. The average Bonchev–Trinajstić information content (AvgIpc) is 2.97. The molecule has 0 radical (unpaired) electrons. The van der Waals surface area contributed by atoms with E-state index in [1.54, 1.807) is 12.3 Å². The van der Waals surface area contributed by atoms with Crippen LogP contribution in [0.3, 0.4) is 0 Å². The minimum atomic E-state index is -1.03. The summed E-state index contributed by atoms with van der Waals surface area (Å²) in [4.78, 5) is 23.3. The number of carboxylic acid groups (broad SMARTS) is 1. The Morgan fingerprint density at radius 2 is 2.14 bits per heavy atom. The molecule has 9 nitrogen and oxygen atoms in total. The summed E-state index contributed by atoms with van der Waals surface area (Å²) in [6.45, 7) is 1.07. The van der Waals surface area contributed by atoms with E-state index in [1.165, 1.54) is 23.3 Å². The van der Waals surface area contributed by atoms with Gasteiger partial charge in [0.25, 0.3) is 0 Å². The van der Waals surface area contributed by atoms with Gasteiger partial charge in [0.05, 0.1) is 17.1 Å². The lowest BCUT2D eigenvalue weighted by molar-refractivity contribution is 0.0696. The second kappa shape index (κ2) is 5.74. The maximum absolute atomic E-state index is 10.9. The van der Waals surface area contributed by atoms with Crippen molar-refractivity contribution in [1.29, 1.82) is 0 Å². The molecule has 0 saturated carbocycles. The average molecular weight is 299 g/mol. The molecule has 0 saturated heterocycles. The van der Waals surface area contributed by atoms with E-state index in [4.69, 9.17) is 10.8 Å². The maximum Gasteiger partial charge on any atom is 0.337 e. The molecule has 22 heavy (non-hydrogen) atoms. The third-order valence-corrected chi connectivity index (χ3v) is 3.01. The SMILES string of the molecule is NCCNc1ncnc2c1cnn2-c1ccc(C(=O)O)cn1. The van der Waals surface area contributed by atoms with E-state index in [9.17, 15) is 4.79 Å². The number of anilines is 1. The van der Waals surface area contributed by atoms with Gasteiger partial charge in [0.2, 0.25) is 0 Å². The van der Waals surface area contributed by atoms with Crippen molar-refractivity contribution in [3.05, 3.63) is 36.4 Å². The molecule has 0 amide bonds. The third-order valence-electron chi connectivity index (χ3n) is 3.01. The van der Waals surface area contributed by atoms with Crippen LogP contribution in [0.4, 0.5) is 5.82 Å². The molecule has 0 aliphatic heterocycles. The van der Waals surface area contributed by atoms with Gasteiger partial charge in [-0.1, -0.05) is 0 Å². The van der Waals surface area contributed by atoms with Crippen molar-refractivity contribution in [3.63, 3.8) is 0 Å². The standard InChI is InChI=1S/C13H13N7O2/c14-3-4-15-11-9-6-19-20(12(9)18-7-17-11)10-2-1-8(5-16-10)13(21)22/h1-2,5-7H,3-4,14H2,(H,21,22)(H,15,17,18). The zero-order chi connectivity index (χ0) is 15.5. The first-order chi connectivity index (χ1) is 10.7. The smallest absolute Gasteiger partial charge is 0.337 e. The lowest BCUT2D eigenvalue weighted by atomic mass is 10.3. The van der Waals surface area contributed by atoms with Gasteiger partial charge in [0.15, 0.2) is 11.5 Å². The van der Waals surface area contributed by atoms with Crippen LogP contribution in [0.25, 0.3) is 16.9 Å². The zero-order valence-electron chi connectivity index (χ0n) is 11.5. The Labute approximate surface area is 124 Å². The molecule has 0 unspecified atom stereocenters. The van der Waals surface area contributed by atoms with Crippen molar-refractivity contribution in [2.24, 2.45) is 5.73 Å². The van der Waals surface area contributed by atoms with Crippen LogP contribution >= 0.6 is 0 Å². The van der Waals surface area contributed by atoms with Crippen molar-refractivity contribution in [2.45, 2.75) is 0 Å². The Morgan fingerprint density at radius 1 is 1.27 bits per heavy atom. The molecule has 9 heteroatoms. The van der Waals surface area contributed by atoms with Crippen LogP contribution < -0.4 is 11.1 Å². The van der Waals surface area contributed by atoms with E-state index in [2.05, 4.69) is 25.4 Å². The number of fused-ring (bicyclic) bond motifs is 1. The second-order valence-electron chi connectivity index (χ2n) is 4.44. The Balaban J connectivity index is 2.02. The molecule has 0 aromatic carbocycles. The monoisotopic (exact) mass is 299 g/mol. The molecule has 3 aromatic heterocycles. The molecule has 3 aromatic rings. The number of nitrogens with two attached hydrogens (primary N) is 1. The molecule has 3 heterocycles. The molecule has 0 aliphatic rings. The number of rotatable bonds is 5. The Hall–Kier alpha value is -3.07. The summed E-state index contributed by atoms with van der Waals surface area (Å²) in [5.41, 5.74) is 6.16. The van der Waals surface area contributed by atoms with E-state index < -0.39 is 5.97 Å². The van der Waals surface area contributed by atoms with Crippen molar-refractivity contribution < 1.29 is 9.90 Å². The van der Waals surface area contributed by atoms with Gasteiger partial charge in [-0.2, -0.15) is 9.78 Å². The molecule has 112 valence electrons. The fraction of sp³-hybridized carbons (Fsp3) is 0.154. The van der Waals surface area contributed by atoms with E-state index in [1.807, 2.05) is 0 Å². The van der Waals surface area contributed by atoms with Gasteiger partial charge >= 0.3 is 5.97 Å². The molecule has 0 fully saturated rings. The van der Waals surface area contributed by atoms with Crippen LogP contribution in [0.5, 0.6) is 0 Å². The number of carboxylic acids is 1. The topological polar surface area (TPSA) is 132 Å². The maximum atomic E-state index is 10.9. The van der Waals surface area contributed by atoms with Crippen LogP contribution in [0.1, 0.15) is 10.4 Å². The summed E-state index contributed by atoms with van der Waals surface area (Å²) in [7, 11) is 0. The number of aromatic carboxylic acids is 1. The first-order valence-electron chi connectivity index (χ1n) is 6.53. The molecule has 0 bridgehead atoms. The van der Waals surface area contributed by atoms with Crippen molar-refractivity contribution >= 4 is 22.8 Å². The van der Waals surface area contributed by atoms with Crippen LogP contribution in [0.15, 0.2) is 30.9 Å². The fourth-order valence-corrected chi connectivity index (χ4v) is 1.98. The molecule has 0 spiro atoms. The Morgan fingerprint density at radius 3 is 2.82 bits per heavy atom. The van der Waals surface area contributed by atoms with Gasteiger partial charge in [0, 0.05) is 19.3 Å². The molecular formula is C13H13N7O2. The number of hydrogen-bond acceptors (Lipinski definition) is 7. The summed E-state index contributed by atoms with van der Waals surface area (Å²) >= 11 is 0. The molecule has 0 atom stereocenters. The molecule has 0 aliphatic carbocycles. The van der Waals surface area contributed by atoms with Crippen molar-refractivity contribution in [3.8, 4) is 5.82 Å². The van der Waals surface area contributed by atoms with Gasteiger partial charge in [-0.15, -0.1) is 0 Å². The van der Waals surface area contributed by atoms with Crippen LogP contribution in [0.2, 0.25) is 0 Å². The van der Waals surface area contributed by atoms with E-state index in [0.717, 1.165) is 5.39 Å². The number of aromatic nitrogens is 5. The van der Waals surface area contributed by atoms with Crippen molar-refractivity contribution in [1.82, 2.24) is 24.7 Å². The minimum Gasteiger partial charge on any atom is -0.478 e. The largest absolute Gasteiger partial charge is 0.478 e. The van der Waals surface area contributed by atoms with Crippen molar-refractivity contribution in [2.75, 3.05) is 18.4 Å². The highest BCUT2D eigenvalue weighted by molar-refractivity contribution is 5.88. The summed E-state index contributed by atoms with van der Waals surface area (Å²) in [5, 5.41) is 17.0. The Kier molecular flexibility index (Phi) is 3.62. The molecular weight excluding hydrogens is 286 g/mol. The summed E-state index contributed by atoms with van der Waals surface area (Å²) in [6, 6.07) is 3.04. The van der Waals surface area contributed by atoms with E-state index >= 15 is 0 Å². The van der Waals surface area contributed by atoms with Gasteiger partial charge < -0.3 is 16.2 Å². The predicted octanol–water partition coefficient (Wildman–Crippen LogP) is 0.279. The van der Waals surface area contributed by atoms with E-state index in [-0.39, 0.29) is 5.56 Å². The number of pyridine rings is 1. The fourth-order valence-electron chi connectivity index (χ4n) is 1.98. The lowest BCUT2D eigenvalue weighted by Gasteiger charge is -2.05. The first-order valence-corrected chi connectivity index (χ1v) is 6.53. The molecule has 4 N–H and O–H groups in total. The normalized spacial score (nSPS) is 10.8. The quantitative estimate of drug-likeness (QED) is 0.612. The highest BCUT2D eigenvalue weighted by Crippen LogP contribution is 2.20. The van der Waals surface area contributed by atoms with Crippen LogP contribution in [-0.2, 0) is 0 Å². The van der Waals surface area contributed by atoms with Gasteiger partial charge in [0.1, 0.15) is 12.1 Å². The third kappa shape index (κ3) is 2.44. The first kappa shape index (κ1) is 13.9. The van der Waals surface area contributed by atoms with Gasteiger partial charge in [-0.05, 0) is 12.1 Å². The highest BCUT2D eigenvalue weighted by atomic mass is 16.4.